The monoisotopic (exact) mass is 364 g/mol. The van der Waals surface area contributed by atoms with Crippen molar-refractivity contribution >= 4 is 17.4 Å². The van der Waals surface area contributed by atoms with Gasteiger partial charge in [-0.1, -0.05) is 6.42 Å². The van der Waals surface area contributed by atoms with Crippen LogP contribution in [-0.4, -0.2) is 35.2 Å². The van der Waals surface area contributed by atoms with E-state index in [1.54, 1.807) is 0 Å². The average Bonchev–Trinajstić information content (AvgIpc) is 3.23. The summed E-state index contributed by atoms with van der Waals surface area (Å²) in [7, 11) is 0. The van der Waals surface area contributed by atoms with Crippen LogP contribution in [0.4, 0.5) is 4.79 Å². The molecule has 1 aliphatic carbocycles. The average molecular weight is 365 g/mol. The molecule has 0 spiro atoms. The molecule has 1 saturated heterocycles. The van der Waals surface area contributed by atoms with Gasteiger partial charge in [-0.2, -0.15) is 0 Å². The minimum atomic E-state index is -0.422. The zero-order chi connectivity index (χ0) is 18.0. The number of rotatable bonds is 4. The van der Waals surface area contributed by atoms with Crippen LogP contribution in [0.2, 0.25) is 0 Å². The Labute approximate surface area is 155 Å². The highest BCUT2D eigenvalue weighted by Crippen LogP contribution is 2.36. The summed E-state index contributed by atoms with van der Waals surface area (Å²) in [5.74, 6) is 0.551. The summed E-state index contributed by atoms with van der Waals surface area (Å²) in [6.07, 6.45) is 5.76. The summed E-state index contributed by atoms with van der Waals surface area (Å²) in [6.45, 7) is 9.80. The topological polar surface area (TPSA) is 41.6 Å². The number of carbonyl (C=O) groups excluding carboxylic acids is 1. The van der Waals surface area contributed by atoms with Crippen molar-refractivity contribution in [2.45, 2.75) is 84.0 Å². The SMILES string of the molecule is Cc1ccsc1CNC1CCCC1C1CCCN1C(=O)OC(C)(C)C. The second kappa shape index (κ2) is 7.67. The minimum Gasteiger partial charge on any atom is -0.444 e. The van der Waals surface area contributed by atoms with Gasteiger partial charge in [-0.25, -0.2) is 4.79 Å². The van der Waals surface area contributed by atoms with Gasteiger partial charge < -0.3 is 15.0 Å². The van der Waals surface area contributed by atoms with E-state index in [9.17, 15) is 4.79 Å². The molecule has 5 heteroatoms. The molecule has 25 heavy (non-hydrogen) atoms. The third-order valence-electron chi connectivity index (χ3n) is 5.48. The minimum absolute atomic E-state index is 0.130. The van der Waals surface area contributed by atoms with E-state index in [4.69, 9.17) is 4.74 Å². The molecule has 0 bridgehead atoms. The maximum Gasteiger partial charge on any atom is 0.410 e. The van der Waals surface area contributed by atoms with Crippen LogP contribution in [0, 0.1) is 12.8 Å². The Kier molecular flexibility index (Phi) is 5.74. The summed E-state index contributed by atoms with van der Waals surface area (Å²) >= 11 is 1.83. The lowest BCUT2D eigenvalue weighted by atomic mass is 9.92. The van der Waals surface area contributed by atoms with Crippen LogP contribution in [0.1, 0.15) is 63.3 Å². The van der Waals surface area contributed by atoms with Gasteiger partial charge >= 0.3 is 6.09 Å². The van der Waals surface area contributed by atoms with Crippen LogP contribution < -0.4 is 5.32 Å². The number of nitrogens with zero attached hydrogens (tertiary/aromatic N) is 1. The first-order chi connectivity index (χ1) is 11.8. The molecule has 0 aromatic carbocycles. The molecule has 3 unspecified atom stereocenters. The standard InChI is InChI=1S/C20H32N2O2S/c1-14-10-12-25-18(14)13-21-16-8-5-7-15(16)17-9-6-11-22(17)19(23)24-20(2,3)4/h10,12,15-17,21H,5-9,11,13H2,1-4H3. The molecule has 2 aliphatic rings. The number of likely N-dealkylation sites (tertiary alicyclic amines) is 1. The molecule has 1 N–H and O–H groups in total. The predicted molar refractivity (Wildman–Crippen MR) is 103 cm³/mol. The van der Waals surface area contributed by atoms with E-state index in [2.05, 4.69) is 23.7 Å². The van der Waals surface area contributed by atoms with E-state index >= 15 is 0 Å². The number of thiophene rings is 1. The molecule has 2 heterocycles. The Bertz CT molecular complexity index is 593. The Morgan fingerprint density at radius 3 is 2.80 bits per heavy atom. The first kappa shape index (κ1) is 18.7. The van der Waals surface area contributed by atoms with Crippen LogP contribution in [0.3, 0.4) is 0 Å². The fourth-order valence-electron chi connectivity index (χ4n) is 4.30. The highest BCUT2D eigenvalue weighted by atomic mass is 32.1. The van der Waals surface area contributed by atoms with Crippen molar-refractivity contribution in [1.29, 1.82) is 0 Å². The molecule has 1 amide bonds. The highest BCUT2D eigenvalue weighted by molar-refractivity contribution is 7.10. The molecular weight excluding hydrogens is 332 g/mol. The molecule has 1 aromatic rings. The van der Waals surface area contributed by atoms with E-state index in [1.807, 2.05) is 37.0 Å². The molecule has 140 valence electrons. The van der Waals surface area contributed by atoms with E-state index in [0.29, 0.717) is 18.0 Å². The quantitative estimate of drug-likeness (QED) is 0.841. The van der Waals surface area contributed by atoms with Crippen LogP contribution in [0.15, 0.2) is 11.4 Å². The number of carbonyl (C=O) groups is 1. The van der Waals surface area contributed by atoms with Crippen LogP contribution >= 0.6 is 11.3 Å². The van der Waals surface area contributed by atoms with Gasteiger partial charge in [0.2, 0.25) is 0 Å². The molecule has 3 atom stereocenters. The maximum atomic E-state index is 12.6. The molecule has 4 nitrogen and oxygen atoms in total. The van der Waals surface area contributed by atoms with Gasteiger partial charge in [0.1, 0.15) is 5.60 Å². The second-order valence-electron chi connectivity index (χ2n) is 8.49. The van der Waals surface area contributed by atoms with E-state index < -0.39 is 5.60 Å². The molecule has 1 aliphatic heterocycles. The van der Waals surface area contributed by atoms with E-state index in [1.165, 1.54) is 29.7 Å². The number of ether oxygens (including phenoxy) is 1. The Morgan fingerprint density at radius 2 is 2.12 bits per heavy atom. The van der Waals surface area contributed by atoms with Crippen LogP contribution in [-0.2, 0) is 11.3 Å². The molecule has 3 rings (SSSR count). The van der Waals surface area contributed by atoms with Crippen molar-refractivity contribution in [2.24, 2.45) is 5.92 Å². The Balaban J connectivity index is 1.62. The van der Waals surface area contributed by atoms with Crippen molar-refractivity contribution in [3.8, 4) is 0 Å². The van der Waals surface area contributed by atoms with Gasteiger partial charge in [0.15, 0.2) is 0 Å². The summed E-state index contributed by atoms with van der Waals surface area (Å²) < 4.78 is 5.65. The van der Waals surface area contributed by atoms with Gasteiger partial charge in [0.05, 0.1) is 0 Å². The zero-order valence-corrected chi connectivity index (χ0v) is 16.8. The van der Waals surface area contributed by atoms with E-state index in [0.717, 1.165) is 25.9 Å². The number of aryl methyl sites for hydroxylation is 1. The Hall–Kier alpha value is -1.07. The summed E-state index contributed by atoms with van der Waals surface area (Å²) in [4.78, 5) is 16.0. The molecule has 2 fully saturated rings. The molecule has 1 aromatic heterocycles. The third-order valence-corrected chi connectivity index (χ3v) is 6.51. The lowest BCUT2D eigenvalue weighted by Gasteiger charge is -2.34. The lowest BCUT2D eigenvalue weighted by Crippen LogP contribution is -2.47. The lowest BCUT2D eigenvalue weighted by molar-refractivity contribution is 0.0166. The van der Waals surface area contributed by atoms with Gasteiger partial charge in [-0.05, 0) is 76.3 Å². The number of hydrogen-bond acceptors (Lipinski definition) is 4. The van der Waals surface area contributed by atoms with Crippen molar-refractivity contribution < 1.29 is 9.53 Å². The van der Waals surface area contributed by atoms with Crippen molar-refractivity contribution in [1.82, 2.24) is 10.2 Å². The number of hydrogen-bond donors (Lipinski definition) is 1. The predicted octanol–water partition coefficient (Wildman–Crippen LogP) is 4.71. The number of amides is 1. The van der Waals surface area contributed by atoms with Crippen LogP contribution in [0.5, 0.6) is 0 Å². The third kappa shape index (κ3) is 4.56. The van der Waals surface area contributed by atoms with Gasteiger partial charge in [0, 0.05) is 30.1 Å². The van der Waals surface area contributed by atoms with Gasteiger partial charge in [-0.3, -0.25) is 0 Å². The van der Waals surface area contributed by atoms with E-state index in [-0.39, 0.29) is 6.09 Å². The van der Waals surface area contributed by atoms with Crippen molar-refractivity contribution in [2.75, 3.05) is 6.54 Å². The fourth-order valence-corrected chi connectivity index (χ4v) is 5.15. The second-order valence-corrected chi connectivity index (χ2v) is 9.49. The summed E-state index contributed by atoms with van der Waals surface area (Å²) in [5.41, 5.74) is 0.956. The highest BCUT2D eigenvalue weighted by Gasteiger charge is 2.41. The number of nitrogens with one attached hydrogen (secondary N) is 1. The first-order valence-corrected chi connectivity index (χ1v) is 10.5. The summed E-state index contributed by atoms with van der Waals surface area (Å²) in [5, 5.41) is 5.96. The van der Waals surface area contributed by atoms with Gasteiger partial charge in [0.25, 0.3) is 0 Å². The van der Waals surface area contributed by atoms with Crippen LogP contribution in [0.25, 0.3) is 0 Å². The zero-order valence-electron chi connectivity index (χ0n) is 16.0. The largest absolute Gasteiger partial charge is 0.444 e. The fraction of sp³-hybridized carbons (Fsp3) is 0.750. The normalized spacial score (nSPS) is 27.0. The van der Waals surface area contributed by atoms with Crippen molar-refractivity contribution in [3.05, 3.63) is 21.9 Å². The van der Waals surface area contributed by atoms with Crippen molar-refractivity contribution in [3.63, 3.8) is 0 Å². The molecule has 0 radical (unpaired) electrons. The first-order valence-electron chi connectivity index (χ1n) is 9.61. The molecular formula is C20H32N2O2S. The summed E-state index contributed by atoms with van der Waals surface area (Å²) in [6, 6.07) is 3.03. The van der Waals surface area contributed by atoms with Gasteiger partial charge in [-0.15, -0.1) is 11.3 Å². The Morgan fingerprint density at radius 1 is 1.32 bits per heavy atom. The maximum absolute atomic E-state index is 12.6. The molecule has 1 saturated carbocycles. The smallest absolute Gasteiger partial charge is 0.410 e.